The number of nitrogens with zero attached hydrogens (tertiary/aromatic N) is 2. The van der Waals surface area contributed by atoms with Crippen molar-refractivity contribution in [2.75, 3.05) is 34.9 Å². The van der Waals surface area contributed by atoms with Crippen molar-refractivity contribution in [3.8, 4) is 0 Å². The highest BCUT2D eigenvalue weighted by atomic mass is 35.5. The van der Waals surface area contributed by atoms with Crippen molar-refractivity contribution >= 4 is 52.1 Å². The van der Waals surface area contributed by atoms with E-state index in [1.807, 2.05) is 0 Å². The second-order valence-corrected chi connectivity index (χ2v) is 7.77. The summed E-state index contributed by atoms with van der Waals surface area (Å²) in [6.07, 6.45) is 0. The molecule has 0 fully saturated rings. The van der Waals surface area contributed by atoms with Gasteiger partial charge < -0.3 is 16.0 Å². The Morgan fingerprint density at radius 1 is 1.03 bits per heavy atom. The lowest BCUT2D eigenvalue weighted by Gasteiger charge is -2.25. The van der Waals surface area contributed by atoms with Gasteiger partial charge in [-0.2, -0.15) is 0 Å². The van der Waals surface area contributed by atoms with Gasteiger partial charge in [0.1, 0.15) is 5.82 Å². The number of halogens is 2. The number of amides is 3. The Labute approximate surface area is 188 Å². The highest BCUT2D eigenvalue weighted by molar-refractivity contribution is 6.36. The highest BCUT2D eigenvalue weighted by Gasteiger charge is 2.39. The van der Waals surface area contributed by atoms with Crippen molar-refractivity contribution in [3.05, 3.63) is 82.1 Å². The summed E-state index contributed by atoms with van der Waals surface area (Å²) in [5, 5.41) is 2.47. The number of carbonyl (C=O) groups is 3. The molecule has 3 amide bonds. The summed E-state index contributed by atoms with van der Waals surface area (Å²) in [5.41, 5.74) is 6.70. The molecule has 3 aromatic carbocycles. The van der Waals surface area contributed by atoms with Crippen LogP contribution in [-0.4, -0.2) is 31.8 Å². The fourth-order valence-corrected chi connectivity index (χ4v) is 3.70. The maximum Gasteiger partial charge on any atom is 0.266 e. The normalized spacial score (nSPS) is 12.7. The highest BCUT2D eigenvalue weighted by Crippen LogP contribution is 2.38. The lowest BCUT2D eigenvalue weighted by molar-refractivity contribution is 0.0926. The van der Waals surface area contributed by atoms with E-state index in [1.165, 1.54) is 12.1 Å². The number of hydrogen-bond acceptors (Lipinski definition) is 5. The number of nitrogens with two attached hydrogens (primary N) is 1. The minimum atomic E-state index is -0.774. The Morgan fingerprint density at radius 2 is 1.66 bits per heavy atom. The van der Waals surface area contributed by atoms with Gasteiger partial charge in [0.2, 0.25) is 0 Å². The topological polar surface area (TPSA) is 95.7 Å². The van der Waals surface area contributed by atoms with E-state index >= 15 is 0 Å². The van der Waals surface area contributed by atoms with Gasteiger partial charge in [0, 0.05) is 14.1 Å². The number of nitrogen functional groups attached to an aromatic ring is 1. The van der Waals surface area contributed by atoms with Gasteiger partial charge >= 0.3 is 0 Å². The van der Waals surface area contributed by atoms with Gasteiger partial charge in [0.05, 0.1) is 44.5 Å². The monoisotopic (exact) mass is 452 g/mol. The summed E-state index contributed by atoms with van der Waals surface area (Å²) in [7, 11) is 3.44. The first-order valence-corrected chi connectivity index (χ1v) is 9.92. The Morgan fingerprint density at radius 3 is 2.25 bits per heavy atom. The van der Waals surface area contributed by atoms with Crippen LogP contribution >= 0.6 is 11.6 Å². The molecule has 0 saturated carbocycles. The zero-order valence-electron chi connectivity index (χ0n) is 17.1. The van der Waals surface area contributed by atoms with E-state index in [0.29, 0.717) is 5.69 Å². The number of anilines is 4. The minimum Gasteiger partial charge on any atom is -0.397 e. The van der Waals surface area contributed by atoms with Crippen molar-refractivity contribution in [2.24, 2.45) is 0 Å². The predicted octanol–water partition coefficient (Wildman–Crippen LogP) is 4.18. The van der Waals surface area contributed by atoms with Crippen LogP contribution in [0.1, 0.15) is 31.1 Å². The van der Waals surface area contributed by atoms with Gasteiger partial charge in [0.15, 0.2) is 0 Å². The third kappa shape index (κ3) is 3.44. The third-order valence-electron chi connectivity index (χ3n) is 5.09. The fraction of sp³-hybridized carbons (Fsp3) is 0.0870. The molecule has 0 saturated heterocycles. The van der Waals surface area contributed by atoms with Crippen molar-refractivity contribution in [1.82, 2.24) is 0 Å². The fourth-order valence-electron chi connectivity index (χ4n) is 3.55. The Bertz CT molecular complexity index is 1260. The van der Waals surface area contributed by atoms with Crippen LogP contribution in [0.3, 0.4) is 0 Å². The van der Waals surface area contributed by atoms with Crippen LogP contribution < -0.4 is 20.9 Å². The van der Waals surface area contributed by atoms with E-state index in [9.17, 15) is 18.8 Å². The molecule has 3 N–H and O–H groups in total. The lowest BCUT2D eigenvalue weighted by atomic mass is 10.1. The summed E-state index contributed by atoms with van der Waals surface area (Å²) in [6, 6.07) is 13.4. The molecule has 1 aliphatic heterocycles. The summed E-state index contributed by atoms with van der Waals surface area (Å²) in [4.78, 5) is 42.1. The molecule has 3 aromatic rings. The molecular weight excluding hydrogens is 435 g/mol. The van der Waals surface area contributed by atoms with Gasteiger partial charge in [-0.15, -0.1) is 0 Å². The van der Waals surface area contributed by atoms with Crippen LogP contribution in [0.5, 0.6) is 0 Å². The zero-order valence-corrected chi connectivity index (χ0v) is 17.9. The average molecular weight is 453 g/mol. The van der Waals surface area contributed by atoms with Gasteiger partial charge in [-0.05, 0) is 36.4 Å². The molecule has 32 heavy (non-hydrogen) atoms. The van der Waals surface area contributed by atoms with Gasteiger partial charge in [-0.3, -0.25) is 14.4 Å². The molecule has 0 aromatic heterocycles. The summed E-state index contributed by atoms with van der Waals surface area (Å²) < 4.78 is 14.3. The standard InChI is InChI=1S/C23H18ClFN4O3/c1-28(2)19-9-5-8-14(21(30)27-18-11-17(26)15(24)10-16(18)25)20(19)29-22(31)12-6-3-4-7-13(12)23(29)32/h3-11H,26H2,1-2H3,(H,27,30). The maximum absolute atomic E-state index is 14.3. The first-order chi connectivity index (χ1) is 15.2. The van der Waals surface area contributed by atoms with E-state index in [2.05, 4.69) is 5.32 Å². The van der Waals surface area contributed by atoms with Crippen molar-refractivity contribution in [1.29, 1.82) is 0 Å². The molecule has 0 unspecified atom stereocenters. The molecule has 0 spiro atoms. The van der Waals surface area contributed by atoms with E-state index in [0.717, 1.165) is 11.0 Å². The molecular formula is C23H18ClFN4O3. The summed E-state index contributed by atoms with van der Waals surface area (Å²) in [5.74, 6) is -2.59. The van der Waals surface area contributed by atoms with Crippen LogP contribution in [-0.2, 0) is 0 Å². The van der Waals surface area contributed by atoms with Gasteiger partial charge in [-0.1, -0.05) is 29.8 Å². The molecule has 1 heterocycles. The number of nitrogens with one attached hydrogen (secondary N) is 1. The number of rotatable bonds is 4. The van der Waals surface area contributed by atoms with Gasteiger partial charge in [-0.25, -0.2) is 9.29 Å². The molecule has 0 bridgehead atoms. The Hall–Kier alpha value is -3.91. The largest absolute Gasteiger partial charge is 0.397 e. The number of benzene rings is 3. The predicted molar refractivity (Wildman–Crippen MR) is 122 cm³/mol. The number of hydrogen-bond donors (Lipinski definition) is 2. The average Bonchev–Trinajstić information content (AvgIpc) is 3.01. The number of para-hydroxylation sites is 1. The van der Waals surface area contributed by atoms with E-state index < -0.39 is 23.5 Å². The third-order valence-corrected chi connectivity index (χ3v) is 5.42. The molecule has 9 heteroatoms. The first kappa shape index (κ1) is 21.3. The molecule has 0 atom stereocenters. The second-order valence-electron chi connectivity index (χ2n) is 7.37. The zero-order chi connectivity index (χ0) is 23.2. The molecule has 0 aliphatic carbocycles. The smallest absolute Gasteiger partial charge is 0.266 e. The van der Waals surface area contributed by atoms with E-state index in [1.54, 1.807) is 55.4 Å². The molecule has 7 nitrogen and oxygen atoms in total. The Kier molecular flexibility index (Phi) is 5.31. The molecule has 4 rings (SSSR count). The Balaban J connectivity index is 1.83. The van der Waals surface area contributed by atoms with Crippen LogP contribution in [0.4, 0.5) is 27.1 Å². The van der Waals surface area contributed by atoms with Crippen LogP contribution in [0.2, 0.25) is 5.02 Å². The molecule has 1 aliphatic rings. The van der Waals surface area contributed by atoms with Crippen molar-refractivity contribution in [3.63, 3.8) is 0 Å². The molecule has 0 radical (unpaired) electrons. The van der Waals surface area contributed by atoms with E-state index in [-0.39, 0.29) is 38.8 Å². The van der Waals surface area contributed by atoms with Crippen molar-refractivity contribution in [2.45, 2.75) is 0 Å². The number of carbonyl (C=O) groups excluding carboxylic acids is 3. The van der Waals surface area contributed by atoms with Gasteiger partial charge in [0.25, 0.3) is 17.7 Å². The lowest BCUT2D eigenvalue weighted by Crippen LogP contribution is -2.33. The van der Waals surface area contributed by atoms with Crippen molar-refractivity contribution < 1.29 is 18.8 Å². The van der Waals surface area contributed by atoms with Crippen LogP contribution in [0.25, 0.3) is 0 Å². The molecule has 162 valence electrons. The second kappa shape index (κ2) is 7.97. The summed E-state index contributed by atoms with van der Waals surface area (Å²) in [6.45, 7) is 0. The van der Waals surface area contributed by atoms with Crippen LogP contribution in [0.15, 0.2) is 54.6 Å². The first-order valence-electron chi connectivity index (χ1n) is 9.54. The summed E-state index contributed by atoms with van der Waals surface area (Å²) >= 11 is 5.82. The number of imide groups is 1. The minimum absolute atomic E-state index is 0.0126. The van der Waals surface area contributed by atoms with Crippen LogP contribution in [0, 0.1) is 5.82 Å². The maximum atomic E-state index is 14.3. The number of fused-ring (bicyclic) bond motifs is 1. The van der Waals surface area contributed by atoms with E-state index in [4.69, 9.17) is 17.3 Å². The SMILES string of the molecule is CN(C)c1cccc(C(=O)Nc2cc(N)c(Cl)cc2F)c1N1C(=O)c2ccccc2C1=O. The quantitative estimate of drug-likeness (QED) is 0.457.